The summed E-state index contributed by atoms with van der Waals surface area (Å²) in [4.78, 5) is 4.22. The van der Waals surface area contributed by atoms with Gasteiger partial charge in [-0.3, -0.25) is 0 Å². The van der Waals surface area contributed by atoms with Crippen LogP contribution in [0.25, 0.3) is 0 Å². The molecule has 5 nitrogen and oxygen atoms in total. The lowest BCUT2D eigenvalue weighted by Gasteiger charge is -2.22. The van der Waals surface area contributed by atoms with Crippen molar-refractivity contribution < 1.29 is 4.74 Å². The summed E-state index contributed by atoms with van der Waals surface area (Å²) in [6.45, 7) is 2.41. The highest BCUT2D eigenvalue weighted by atomic mass is 35.5. The Bertz CT molecular complexity index is 410. The van der Waals surface area contributed by atoms with Crippen LogP contribution in [0.2, 0.25) is 10.0 Å². The number of hydrogen-bond acceptors (Lipinski definition) is 5. The standard InChI is InChI=1S/C11H16Cl2N4O/c12-8-4-9(13)11(17-14)16-10(8)15-5-7-2-1-3-18-6-7/h4,7H,1-3,5-6,14H2,(H2,15,16,17). The molecule has 1 saturated heterocycles. The van der Waals surface area contributed by atoms with Gasteiger partial charge in [-0.1, -0.05) is 23.2 Å². The first kappa shape index (κ1) is 13.7. The number of halogens is 2. The molecule has 2 rings (SSSR count). The van der Waals surface area contributed by atoms with Gasteiger partial charge in [0.05, 0.1) is 16.7 Å². The van der Waals surface area contributed by atoms with Gasteiger partial charge in [0.2, 0.25) is 0 Å². The SMILES string of the molecule is NNc1nc(NCC2CCCOC2)c(Cl)cc1Cl. The summed E-state index contributed by atoms with van der Waals surface area (Å²) in [7, 11) is 0. The van der Waals surface area contributed by atoms with Gasteiger partial charge in [0.1, 0.15) is 5.82 Å². The number of nitrogens with one attached hydrogen (secondary N) is 2. The Morgan fingerprint density at radius 1 is 1.39 bits per heavy atom. The zero-order valence-electron chi connectivity index (χ0n) is 9.88. The molecule has 1 unspecified atom stereocenters. The highest BCUT2D eigenvalue weighted by Gasteiger charge is 2.15. The van der Waals surface area contributed by atoms with E-state index in [0.717, 1.165) is 32.6 Å². The first-order chi connectivity index (χ1) is 8.70. The molecule has 0 radical (unpaired) electrons. The molecule has 1 aliphatic heterocycles. The quantitative estimate of drug-likeness (QED) is 0.587. The maximum Gasteiger partial charge on any atom is 0.161 e. The van der Waals surface area contributed by atoms with Crippen molar-refractivity contribution in [2.45, 2.75) is 12.8 Å². The highest BCUT2D eigenvalue weighted by Crippen LogP contribution is 2.29. The smallest absolute Gasteiger partial charge is 0.161 e. The molecular weight excluding hydrogens is 275 g/mol. The van der Waals surface area contributed by atoms with Crippen LogP contribution in [0.4, 0.5) is 11.6 Å². The van der Waals surface area contributed by atoms with Gasteiger partial charge in [0.15, 0.2) is 5.82 Å². The van der Waals surface area contributed by atoms with Gasteiger partial charge in [-0.15, -0.1) is 0 Å². The molecule has 100 valence electrons. The van der Waals surface area contributed by atoms with E-state index in [0.29, 0.717) is 27.6 Å². The van der Waals surface area contributed by atoms with Gasteiger partial charge in [-0.25, -0.2) is 10.8 Å². The van der Waals surface area contributed by atoms with Crippen LogP contribution in [0.5, 0.6) is 0 Å². The molecule has 0 bridgehead atoms. The van der Waals surface area contributed by atoms with Crippen LogP contribution in [-0.2, 0) is 4.74 Å². The Labute approximate surface area is 116 Å². The minimum Gasteiger partial charge on any atom is -0.381 e. The minimum atomic E-state index is 0.397. The zero-order chi connectivity index (χ0) is 13.0. The topological polar surface area (TPSA) is 72.2 Å². The van der Waals surface area contributed by atoms with Crippen LogP contribution < -0.4 is 16.6 Å². The van der Waals surface area contributed by atoms with Crippen molar-refractivity contribution in [3.8, 4) is 0 Å². The maximum absolute atomic E-state index is 6.07. The fraction of sp³-hybridized carbons (Fsp3) is 0.545. The number of nitrogens with two attached hydrogens (primary N) is 1. The fourth-order valence-electron chi connectivity index (χ4n) is 1.90. The summed E-state index contributed by atoms with van der Waals surface area (Å²) in [6.07, 6.45) is 2.25. The van der Waals surface area contributed by atoms with Crippen molar-refractivity contribution in [3.05, 3.63) is 16.1 Å². The lowest BCUT2D eigenvalue weighted by molar-refractivity contribution is 0.0595. The Morgan fingerprint density at radius 3 is 2.83 bits per heavy atom. The first-order valence-electron chi connectivity index (χ1n) is 5.85. The van der Waals surface area contributed by atoms with Crippen molar-refractivity contribution in [3.63, 3.8) is 0 Å². The van der Waals surface area contributed by atoms with E-state index in [1.807, 2.05) is 0 Å². The van der Waals surface area contributed by atoms with Gasteiger partial charge < -0.3 is 15.5 Å². The van der Waals surface area contributed by atoms with E-state index in [4.69, 9.17) is 33.8 Å². The molecule has 7 heteroatoms. The summed E-state index contributed by atoms with van der Waals surface area (Å²) in [6, 6.07) is 1.62. The van der Waals surface area contributed by atoms with Gasteiger partial charge >= 0.3 is 0 Å². The highest BCUT2D eigenvalue weighted by molar-refractivity contribution is 6.37. The van der Waals surface area contributed by atoms with Gasteiger partial charge in [-0.05, 0) is 24.8 Å². The first-order valence-corrected chi connectivity index (χ1v) is 6.60. The predicted octanol–water partition coefficient (Wildman–Crippen LogP) is 2.51. The number of aromatic nitrogens is 1. The Hall–Kier alpha value is -0.750. The Kier molecular flexibility index (Phi) is 4.88. The second kappa shape index (κ2) is 6.43. The average Bonchev–Trinajstić information content (AvgIpc) is 2.39. The number of anilines is 2. The molecule has 4 N–H and O–H groups in total. The third kappa shape index (κ3) is 3.38. The third-order valence-electron chi connectivity index (χ3n) is 2.88. The van der Waals surface area contributed by atoms with E-state index in [2.05, 4.69) is 15.7 Å². The number of hydrazine groups is 1. The second-order valence-corrected chi connectivity index (χ2v) is 5.07. The summed E-state index contributed by atoms with van der Waals surface area (Å²) in [5.74, 6) is 6.80. The second-order valence-electron chi connectivity index (χ2n) is 4.26. The number of ether oxygens (including phenoxy) is 1. The molecule has 0 aromatic carbocycles. The van der Waals surface area contributed by atoms with Crippen LogP contribution in [-0.4, -0.2) is 24.7 Å². The van der Waals surface area contributed by atoms with E-state index >= 15 is 0 Å². The molecule has 0 aliphatic carbocycles. The normalized spacial score (nSPS) is 19.6. The molecule has 2 heterocycles. The molecule has 0 saturated carbocycles. The number of nitrogen functional groups attached to an aromatic ring is 1. The molecule has 1 fully saturated rings. The summed E-state index contributed by atoms with van der Waals surface area (Å²) < 4.78 is 5.42. The summed E-state index contributed by atoms with van der Waals surface area (Å²) >= 11 is 12.0. The lowest BCUT2D eigenvalue weighted by atomic mass is 10.0. The molecule has 1 aromatic rings. The van der Waals surface area contributed by atoms with Gasteiger partial charge in [0.25, 0.3) is 0 Å². The van der Waals surface area contributed by atoms with Crippen LogP contribution in [0.15, 0.2) is 6.07 Å². The van der Waals surface area contributed by atoms with Gasteiger partial charge in [-0.2, -0.15) is 0 Å². The van der Waals surface area contributed by atoms with Crippen LogP contribution in [0.1, 0.15) is 12.8 Å². The molecule has 0 amide bonds. The van der Waals surface area contributed by atoms with Crippen molar-refractivity contribution in [1.29, 1.82) is 0 Å². The number of hydrogen-bond donors (Lipinski definition) is 3. The molecule has 18 heavy (non-hydrogen) atoms. The number of rotatable bonds is 4. The monoisotopic (exact) mass is 290 g/mol. The summed E-state index contributed by atoms with van der Waals surface area (Å²) in [5.41, 5.74) is 2.43. The van der Waals surface area contributed by atoms with E-state index in [9.17, 15) is 0 Å². The number of nitrogens with zero attached hydrogens (tertiary/aromatic N) is 1. The Balaban J connectivity index is 1.99. The summed E-state index contributed by atoms with van der Waals surface area (Å²) in [5, 5.41) is 4.09. The molecule has 0 spiro atoms. The van der Waals surface area contributed by atoms with Crippen LogP contribution in [0.3, 0.4) is 0 Å². The van der Waals surface area contributed by atoms with Crippen molar-refractivity contribution in [1.82, 2.24) is 4.98 Å². The van der Waals surface area contributed by atoms with E-state index in [1.54, 1.807) is 6.07 Å². The molecule has 1 atom stereocenters. The van der Waals surface area contributed by atoms with Crippen molar-refractivity contribution in [2.75, 3.05) is 30.5 Å². The van der Waals surface area contributed by atoms with E-state index < -0.39 is 0 Å². The average molecular weight is 291 g/mol. The number of pyridine rings is 1. The lowest BCUT2D eigenvalue weighted by Crippen LogP contribution is -2.24. The van der Waals surface area contributed by atoms with E-state index in [-0.39, 0.29) is 0 Å². The fourth-order valence-corrected chi connectivity index (χ4v) is 2.38. The van der Waals surface area contributed by atoms with Crippen LogP contribution in [0, 0.1) is 5.92 Å². The van der Waals surface area contributed by atoms with Crippen LogP contribution >= 0.6 is 23.2 Å². The Morgan fingerprint density at radius 2 is 2.17 bits per heavy atom. The zero-order valence-corrected chi connectivity index (χ0v) is 11.4. The predicted molar refractivity (Wildman–Crippen MR) is 74.1 cm³/mol. The van der Waals surface area contributed by atoms with Gasteiger partial charge in [0, 0.05) is 13.2 Å². The largest absolute Gasteiger partial charge is 0.381 e. The molecule has 1 aliphatic rings. The van der Waals surface area contributed by atoms with Crippen molar-refractivity contribution >= 4 is 34.8 Å². The molecular formula is C11H16Cl2N4O. The molecule has 1 aromatic heterocycles. The van der Waals surface area contributed by atoms with Crippen molar-refractivity contribution in [2.24, 2.45) is 11.8 Å². The maximum atomic E-state index is 6.07. The minimum absolute atomic E-state index is 0.397. The third-order valence-corrected chi connectivity index (χ3v) is 3.46. The van der Waals surface area contributed by atoms with E-state index in [1.165, 1.54) is 0 Å².